The molecule has 0 radical (unpaired) electrons. The zero-order chi connectivity index (χ0) is 8.11. The maximum atomic E-state index is 8.69. The van der Waals surface area contributed by atoms with Gasteiger partial charge in [0.25, 0.3) is 0 Å². The fourth-order valence-electron chi connectivity index (χ4n) is 2.30. The normalized spacial score (nSPS) is 44.6. The van der Waals surface area contributed by atoms with E-state index in [4.69, 9.17) is 23.2 Å². The molecule has 0 aromatic rings. The predicted octanol–water partition coefficient (Wildman–Crippen LogP) is 0.266. The highest BCUT2D eigenvalue weighted by Gasteiger charge is 2.68. The van der Waals surface area contributed by atoms with E-state index in [2.05, 4.69) is 11.4 Å². The molecule has 3 rings (SSSR count). The highest BCUT2D eigenvalue weighted by molar-refractivity contribution is 7.80. The fourth-order valence-corrected chi connectivity index (χ4v) is 2.52. The summed E-state index contributed by atoms with van der Waals surface area (Å²) in [6, 6.07) is 2.32. The quantitative estimate of drug-likeness (QED) is 0.550. The van der Waals surface area contributed by atoms with Crippen LogP contribution in [0.5, 0.6) is 0 Å². The van der Waals surface area contributed by atoms with Gasteiger partial charge in [-0.1, -0.05) is 0 Å². The lowest BCUT2D eigenvalue weighted by molar-refractivity contribution is -0.0972. The molecule has 4 heteroatoms. The highest BCUT2D eigenvalue weighted by atomic mass is 32.1. The number of nitrogens with two attached hydrogens (primary N) is 1. The zero-order valence-corrected chi connectivity index (χ0v) is 6.87. The molecule has 11 heavy (non-hydrogen) atoms. The first-order chi connectivity index (χ1) is 5.10. The van der Waals surface area contributed by atoms with Gasteiger partial charge in [0.2, 0.25) is 0 Å². The highest BCUT2D eigenvalue weighted by Crippen LogP contribution is 2.66. The van der Waals surface area contributed by atoms with Gasteiger partial charge < -0.3 is 11.1 Å². The van der Waals surface area contributed by atoms with Gasteiger partial charge in [-0.2, -0.15) is 5.26 Å². The standard InChI is InChI=1S/C7H9N3S/c8-4-6-1-7(2-6,3-6)10-5(9)11/h1-3H2,(H3,9,10,11). The lowest BCUT2D eigenvalue weighted by Crippen LogP contribution is -2.74. The van der Waals surface area contributed by atoms with Crippen LogP contribution in [0.15, 0.2) is 0 Å². The average molecular weight is 167 g/mol. The van der Waals surface area contributed by atoms with Crippen LogP contribution in [0.4, 0.5) is 0 Å². The Morgan fingerprint density at radius 2 is 2.09 bits per heavy atom. The molecular formula is C7H9N3S. The van der Waals surface area contributed by atoms with Gasteiger partial charge in [0, 0.05) is 5.54 Å². The van der Waals surface area contributed by atoms with E-state index < -0.39 is 0 Å². The minimum absolute atomic E-state index is 0.0161. The van der Waals surface area contributed by atoms with Gasteiger partial charge in [0.05, 0.1) is 11.5 Å². The van der Waals surface area contributed by atoms with Crippen LogP contribution in [-0.4, -0.2) is 10.7 Å². The lowest BCUT2D eigenvalue weighted by atomic mass is 9.40. The van der Waals surface area contributed by atoms with E-state index in [0.29, 0.717) is 5.11 Å². The van der Waals surface area contributed by atoms with Crippen LogP contribution in [0.1, 0.15) is 19.3 Å². The number of hydrogen-bond donors (Lipinski definition) is 2. The molecule has 3 saturated carbocycles. The van der Waals surface area contributed by atoms with Gasteiger partial charge in [-0.15, -0.1) is 0 Å². The van der Waals surface area contributed by atoms with Crippen LogP contribution < -0.4 is 11.1 Å². The second-order valence-corrected chi connectivity index (χ2v) is 4.13. The summed E-state index contributed by atoms with van der Waals surface area (Å²) in [6.07, 6.45) is 2.77. The first kappa shape index (κ1) is 6.86. The lowest BCUT2D eigenvalue weighted by Gasteiger charge is -2.67. The Bertz CT molecular complexity index is 246. The molecule has 0 spiro atoms. The molecule has 0 unspecified atom stereocenters. The molecule has 3 nitrogen and oxygen atoms in total. The minimum atomic E-state index is -0.0161. The van der Waals surface area contributed by atoms with Crippen molar-refractivity contribution in [1.82, 2.24) is 5.32 Å². The molecule has 0 aromatic carbocycles. The van der Waals surface area contributed by atoms with Crippen molar-refractivity contribution in [3.63, 3.8) is 0 Å². The largest absolute Gasteiger partial charge is 0.376 e. The third kappa shape index (κ3) is 0.746. The molecule has 0 amide bonds. The fraction of sp³-hybridized carbons (Fsp3) is 0.714. The summed E-state index contributed by atoms with van der Waals surface area (Å²) in [7, 11) is 0. The van der Waals surface area contributed by atoms with Crippen molar-refractivity contribution >= 4 is 17.3 Å². The molecule has 3 fully saturated rings. The Kier molecular flexibility index (Phi) is 1.04. The molecule has 0 aromatic heterocycles. The van der Waals surface area contributed by atoms with Crippen molar-refractivity contribution < 1.29 is 0 Å². The number of thiocarbonyl (C=S) groups is 1. The van der Waals surface area contributed by atoms with E-state index in [1.54, 1.807) is 0 Å². The number of nitriles is 1. The Labute approximate surface area is 70.6 Å². The topological polar surface area (TPSA) is 61.8 Å². The predicted molar refractivity (Wildman–Crippen MR) is 44.5 cm³/mol. The first-order valence-electron chi connectivity index (χ1n) is 3.59. The summed E-state index contributed by atoms with van der Waals surface area (Å²) < 4.78 is 0. The van der Waals surface area contributed by atoms with E-state index in [1.165, 1.54) is 0 Å². The van der Waals surface area contributed by atoms with E-state index in [0.717, 1.165) is 19.3 Å². The Morgan fingerprint density at radius 1 is 1.55 bits per heavy atom. The van der Waals surface area contributed by atoms with Crippen molar-refractivity contribution in [3.8, 4) is 6.07 Å². The van der Waals surface area contributed by atoms with E-state index >= 15 is 0 Å². The summed E-state index contributed by atoms with van der Waals surface area (Å²) in [6.45, 7) is 0. The second-order valence-electron chi connectivity index (χ2n) is 3.69. The van der Waals surface area contributed by atoms with E-state index in [1.807, 2.05) is 0 Å². The molecule has 0 heterocycles. The second kappa shape index (κ2) is 1.67. The van der Waals surface area contributed by atoms with Gasteiger partial charge >= 0.3 is 0 Å². The van der Waals surface area contributed by atoms with Crippen LogP contribution in [0.25, 0.3) is 0 Å². The van der Waals surface area contributed by atoms with Crippen LogP contribution >= 0.6 is 12.2 Å². The molecule has 2 bridgehead atoms. The van der Waals surface area contributed by atoms with Gasteiger partial charge in [-0.05, 0) is 31.5 Å². The van der Waals surface area contributed by atoms with Crippen molar-refractivity contribution in [1.29, 1.82) is 5.26 Å². The smallest absolute Gasteiger partial charge is 0.164 e. The van der Waals surface area contributed by atoms with Crippen molar-refractivity contribution in [2.24, 2.45) is 11.1 Å². The van der Waals surface area contributed by atoms with Gasteiger partial charge in [0.1, 0.15) is 0 Å². The van der Waals surface area contributed by atoms with Crippen molar-refractivity contribution in [2.75, 3.05) is 0 Å². The zero-order valence-electron chi connectivity index (χ0n) is 6.05. The third-order valence-electron chi connectivity index (χ3n) is 2.66. The van der Waals surface area contributed by atoms with Gasteiger partial charge in [-0.25, -0.2) is 0 Å². The number of hydrogen-bond acceptors (Lipinski definition) is 2. The molecule has 0 atom stereocenters. The first-order valence-corrected chi connectivity index (χ1v) is 4.00. The summed E-state index contributed by atoms with van der Waals surface area (Å²) in [4.78, 5) is 0. The van der Waals surface area contributed by atoms with Crippen LogP contribution in [0.2, 0.25) is 0 Å². The van der Waals surface area contributed by atoms with Crippen LogP contribution in [0.3, 0.4) is 0 Å². The third-order valence-corrected chi connectivity index (χ3v) is 2.76. The number of nitrogens with one attached hydrogen (secondary N) is 1. The van der Waals surface area contributed by atoms with E-state index in [-0.39, 0.29) is 11.0 Å². The molecule has 3 aliphatic rings. The number of nitrogens with zero attached hydrogens (tertiary/aromatic N) is 1. The Morgan fingerprint density at radius 3 is 2.45 bits per heavy atom. The van der Waals surface area contributed by atoms with Gasteiger partial charge in [-0.3, -0.25) is 0 Å². The molecule has 0 aliphatic heterocycles. The van der Waals surface area contributed by atoms with Crippen molar-refractivity contribution in [2.45, 2.75) is 24.8 Å². The molecule has 3 aliphatic carbocycles. The molecule has 3 N–H and O–H groups in total. The maximum Gasteiger partial charge on any atom is 0.164 e. The van der Waals surface area contributed by atoms with Crippen LogP contribution in [0, 0.1) is 16.7 Å². The summed E-state index contributed by atoms with van der Waals surface area (Å²) in [5.41, 5.74) is 5.43. The summed E-state index contributed by atoms with van der Waals surface area (Å²) in [5.74, 6) is 0. The Balaban J connectivity index is 1.95. The molecule has 0 saturated heterocycles. The summed E-state index contributed by atoms with van der Waals surface area (Å²) in [5, 5.41) is 12.1. The number of rotatable bonds is 1. The van der Waals surface area contributed by atoms with Crippen molar-refractivity contribution in [3.05, 3.63) is 0 Å². The average Bonchev–Trinajstić information content (AvgIpc) is 1.74. The monoisotopic (exact) mass is 167 g/mol. The molecule has 58 valence electrons. The van der Waals surface area contributed by atoms with Crippen LogP contribution in [-0.2, 0) is 0 Å². The van der Waals surface area contributed by atoms with E-state index in [9.17, 15) is 0 Å². The minimum Gasteiger partial charge on any atom is -0.376 e. The maximum absolute atomic E-state index is 8.69. The van der Waals surface area contributed by atoms with Gasteiger partial charge in [0.15, 0.2) is 5.11 Å². The SMILES string of the molecule is N#CC12CC(NC(N)=S)(C1)C2. The summed E-state index contributed by atoms with van der Waals surface area (Å²) >= 11 is 4.72. The molecular weight excluding hydrogens is 158 g/mol. The Hall–Kier alpha value is -0.820.